The summed E-state index contributed by atoms with van der Waals surface area (Å²) >= 11 is 0. The van der Waals surface area contributed by atoms with E-state index in [2.05, 4.69) is 138 Å². The van der Waals surface area contributed by atoms with E-state index < -0.39 is 0 Å². The van der Waals surface area contributed by atoms with Gasteiger partial charge in [0.1, 0.15) is 0 Å². The smallest absolute Gasteiger partial charge is 0.0701 e. The van der Waals surface area contributed by atoms with Crippen LogP contribution in [0.3, 0.4) is 0 Å². The fourth-order valence-electron chi connectivity index (χ4n) is 14.0. The summed E-state index contributed by atoms with van der Waals surface area (Å²) < 4.78 is 92.5. The highest BCUT2D eigenvalue weighted by atomic mass is 16.6. The van der Waals surface area contributed by atoms with Gasteiger partial charge >= 0.3 is 0 Å². The fraction of sp³-hybridized carbons (Fsp3) is 1.00. The molecule has 0 amide bonds. The van der Waals surface area contributed by atoms with Crippen molar-refractivity contribution in [2.24, 2.45) is 71.0 Å². The Morgan fingerprint density at radius 3 is 0.742 bits per heavy atom. The van der Waals surface area contributed by atoms with Crippen molar-refractivity contribution in [3.8, 4) is 0 Å². The van der Waals surface area contributed by atoms with Gasteiger partial charge in [-0.05, 0) is 148 Å². The minimum atomic E-state index is 0. The zero-order chi connectivity index (χ0) is 89.0. The van der Waals surface area contributed by atoms with E-state index in [1.54, 1.807) is 0 Å². The molecule has 8 unspecified atom stereocenters. The van der Waals surface area contributed by atoms with Gasteiger partial charge in [0.05, 0.1) is 185 Å². The second-order valence-corrected chi connectivity index (χ2v) is 35.6. The molecule has 19 heteroatoms. The molecule has 0 fully saturated rings. The number of rotatable bonds is 92. The highest BCUT2D eigenvalue weighted by Gasteiger charge is 2.14. The first-order valence-corrected chi connectivity index (χ1v) is 49.8. The first kappa shape index (κ1) is 130. The van der Waals surface area contributed by atoms with Gasteiger partial charge in [0, 0.05) is 52.9 Å². The van der Waals surface area contributed by atoms with Crippen LogP contribution in [0.4, 0.5) is 0 Å². The summed E-state index contributed by atoms with van der Waals surface area (Å²) in [5, 5.41) is 17.1. The van der Waals surface area contributed by atoms with E-state index in [4.69, 9.17) is 90.7 Å². The molecule has 2 N–H and O–H groups in total. The molecule has 0 rings (SSSR count). The largest absolute Gasteiger partial charge is 0.394 e. The lowest BCUT2D eigenvalue weighted by atomic mass is 9.90. The number of hydrogen-bond acceptors (Lipinski definition) is 19. The number of unbranched alkanes of at least 4 members (excludes halogenated alkanes) is 5. The van der Waals surface area contributed by atoms with Crippen LogP contribution in [0.1, 0.15) is 351 Å². The van der Waals surface area contributed by atoms with E-state index >= 15 is 0 Å². The highest BCUT2D eigenvalue weighted by Crippen LogP contribution is 2.26. The Balaban J connectivity index is -0.000000345. The maximum absolute atomic E-state index is 8.55. The first-order chi connectivity index (χ1) is 57.7. The molecule has 0 aromatic carbocycles. The molecule has 0 saturated carbocycles. The predicted molar refractivity (Wildman–Crippen MR) is 508 cm³/mol. The Labute approximate surface area is 747 Å². The van der Waals surface area contributed by atoms with Crippen LogP contribution in [-0.4, -0.2) is 248 Å². The van der Waals surface area contributed by atoms with E-state index in [9.17, 15) is 0 Å². The van der Waals surface area contributed by atoms with Crippen molar-refractivity contribution < 1.29 is 90.7 Å². The van der Waals surface area contributed by atoms with Gasteiger partial charge in [-0.25, -0.2) is 0 Å². The summed E-state index contributed by atoms with van der Waals surface area (Å²) in [4.78, 5) is 0. The molecular formula is C101H214O19. The molecule has 0 aliphatic heterocycles. The Morgan fingerprint density at radius 2 is 0.425 bits per heavy atom. The van der Waals surface area contributed by atoms with Gasteiger partial charge in [-0.1, -0.05) is 274 Å². The third-order valence-corrected chi connectivity index (χ3v) is 20.7. The van der Waals surface area contributed by atoms with Gasteiger partial charge in [-0.3, -0.25) is 0 Å². The average Bonchev–Trinajstić information content (AvgIpc) is 1.04. The molecule has 0 bridgehead atoms. The molecule has 0 radical (unpaired) electrons. The number of aliphatic hydroxyl groups excluding tert-OH is 2. The molecule has 8 atom stereocenters. The molecule has 120 heavy (non-hydrogen) atoms. The standard InChI is InChI=1S/C24H50O5.2C23H48O6.C16H34O.C14H30O.CH4/c1-6-11-25-13-15-27-17-19-29-20-18-28-16-14-26-12-10-24(5)21-23(4)9-7-8-22(2)3;1-21(2)20-23(4)7-5-6-22(3)8-10-25-12-14-27-16-18-29-19-17-28-15-13-26-11-9-24;1-4-23(21-22(2)3)9-7-5-6-8-11-25-13-15-27-17-19-29-20-18-28-16-14-26-12-10-24;1-6-11-17-12-10-16(5)13-15(4)9-7-8-14(2)3;1-4-7-8-10-14(9-5-2)11-13-15-12-6-3;/h22-24H,6-21H2,1-5H3;21-24H,5-20H2,1-4H3;22-24H,4-21H2,1-3H3;14-16H,6-13H2,1-5H3;14H,4-13H2,1-3H3;1H4. The van der Waals surface area contributed by atoms with Crippen LogP contribution >= 0.6 is 0 Å². The van der Waals surface area contributed by atoms with Crippen molar-refractivity contribution in [1.82, 2.24) is 0 Å². The maximum Gasteiger partial charge on any atom is 0.0701 e. The Kier molecular flexibility index (Phi) is 122. The minimum Gasteiger partial charge on any atom is -0.394 e. The van der Waals surface area contributed by atoms with E-state index in [-0.39, 0.29) is 20.6 Å². The van der Waals surface area contributed by atoms with Crippen LogP contribution in [0.2, 0.25) is 0 Å². The Morgan fingerprint density at radius 1 is 0.167 bits per heavy atom. The van der Waals surface area contributed by atoms with Crippen molar-refractivity contribution in [2.45, 2.75) is 351 Å². The normalized spacial score (nSPS) is 13.6. The van der Waals surface area contributed by atoms with Crippen molar-refractivity contribution in [1.29, 1.82) is 0 Å². The molecule has 0 aromatic rings. The van der Waals surface area contributed by atoms with Crippen LogP contribution in [0, 0.1) is 71.0 Å². The molecular weight excluding hydrogens is 1520 g/mol. The lowest BCUT2D eigenvalue weighted by molar-refractivity contribution is -0.0138. The van der Waals surface area contributed by atoms with Crippen LogP contribution in [0.25, 0.3) is 0 Å². The average molecular weight is 1730 g/mol. The Hall–Kier alpha value is -0.760. The van der Waals surface area contributed by atoms with Crippen molar-refractivity contribution >= 4 is 0 Å². The molecule has 0 saturated heterocycles. The van der Waals surface area contributed by atoms with E-state index in [1.807, 2.05) is 0 Å². The summed E-state index contributed by atoms with van der Waals surface area (Å²) in [6.45, 7) is 68.0. The summed E-state index contributed by atoms with van der Waals surface area (Å²) in [5.74, 6) is 10.0. The van der Waals surface area contributed by atoms with Crippen LogP contribution in [0.15, 0.2) is 0 Å². The highest BCUT2D eigenvalue weighted by molar-refractivity contribution is 4.66. The van der Waals surface area contributed by atoms with Gasteiger partial charge in [-0.15, -0.1) is 0 Å². The lowest BCUT2D eigenvalue weighted by Gasteiger charge is -2.17. The fourth-order valence-corrected chi connectivity index (χ4v) is 14.0. The van der Waals surface area contributed by atoms with Gasteiger partial charge in [-0.2, -0.15) is 0 Å². The number of aliphatic hydroxyl groups is 2. The monoisotopic (exact) mass is 1730 g/mol. The van der Waals surface area contributed by atoms with Crippen molar-refractivity contribution in [3.05, 3.63) is 0 Å². The SMILES string of the molecule is C.CC(C)CC(C)CCCC(C)CCOCCOCCOCCOCCOCCO.CCC(CCCCCCOCCOCCOCCOCCOCCO)CC(C)C.CCCCCC(CCC)CCOCCC.CCCOCCC(C)CC(C)CCCC(C)C.CCCOCCOCCOCCOCCOCCC(C)CC(C)CCCC(C)C. The van der Waals surface area contributed by atoms with E-state index in [0.29, 0.717) is 172 Å². The number of hydrogen-bond donors (Lipinski definition) is 2. The zero-order valence-electron chi connectivity index (χ0n) is 82.8. The van der Waals surface area contributed by atoms with Gasteiger partial charge in [0.15, 0.2) is 0 Å². The predicted octanol–water partition coefficient (Wildman–Crippen LogP) is 24.1. The third-order valence-electron chi connectivity index (χ3n) is 20.7. The van der Waals surface area contributed by atoms with Gasteiger partial charge < -0.3 is 90.7 Å². The number of ether oxygens (including phenoxy) is 17. The molecule has 732 valence electrons. The third kappa shape index (κ3) is 124. The second kappa shape index (κ2) is 112. The summed E-state index contributed by atoms with van der Waals surface area (Å²) in [6.07, 6.45) is 41.8. The van der Waals surface area contributed by atoms with Gasteiger partial charge in [0.25, 0.3) is 0 Å². The topological polar surface area (TPSA) is 197 Å². The quantitative estimate of drug-likeness (QED) is 0.0545. The summed E-state index contributed by atoms with van der Waals surface area (Å²) in [7, 11) is 0. The molecule has 0 heterocycles. The molecule has 19 nitrogen and oxygen atoms in total. The van der Waals surface area contributed by atoms with E-state index in [1.165, 1.54) is 167 Å². The molecule has 0 aliphatic carbocycles. The first-order valence-electron chi connectivity index (χ1n) is 49.8. The molecule has 0 aromatic heterocycles. The summed E-state index contributed by atoms with van der Waals surface area (Å²) in [5.41, 5.74) is 0. The molecule has 0 spiro atoms. The van der Waals surface area contributed by atoms with Crippen molar-refractivity contribution in [2.75, 3.05) is 238 Å². The van der Waals surface area contributed by atoms with Crippen molar-refractivity contribution in [3.63, 3.8) is 0 Å². The van der Waals surface area contributed by atoms with E-state index in [0.717, 1.165) is 162 Å². The van der Waals surface area contributed by atoms with Crippen LogP contribution < -0.4 is 0 Å². The zero-order valence-corrected chi connectivity index (χ0v) is 82.8. The molecule has 0 aliphatic rings. The Bertz CT molecular complexity index is 1740. The van der Waals surface area contributed by atoms with Crippen LogP contribution in [-0.2, 0) is 80.5 Å². The lowest BCUT2D eigenvalue weighted by Crippen LogP contribution is -2.14. The minimum absolute atomic E-state index is 0. The maximum atomic E-state index is 8.55. The van der Waals surface area contributed by atoms with Crippen LogP contribution in [0.5, 0.6) is 0 Å². The second-order valence-electron chi connectivity index (χ2n) is 35.6. The summed E-state index contributed by atoms with van der Waals surface area (Å²) in [6, 6.07) is 0. The van der Waals surface area contributed by atoms with Gasteiger partial charge in [0.2, 0.25) is 0 Å².